The van der Waals surface area contributed by atoms with Crippen molar-refractivity contribution in [1.82, 2.24) is 0 Å². The molecular formula is C16H26O2. The normalized spacial score (nSPS) is 32.7. The van der Waals surface area contributed by atoms with Gasteiger partial charge in [0.1, 0.15) is 0 Å². The van der Waals surface area contributed by atoms with Gasteiger partial charge in [0, 0.05) is 0 Å². The second kappa shape index (κ2) is 4.40. The second-order valence-electron chi connectivity index (χ2n) is 7.38. The fourth-order valence-corrected chi connectivity index (χ4v) is 3.96. The first-order chi connectivity index (χ1) is 8.31. The molecule has 2 aliphatic rings. The van der Waals surface area contributed by atoms with E-state index in [1.54, 1.807) is 0 Å². The zero-order valence-electron chi connectivity index (χ0n) is 12.2. The van der Waals surface area contributed by atoms with Crippen molar-refractivity contribution in [2.45, 2.75) is 59.3 Å². The number of ether oxygens (including phenoxy) is 1. The molecule has 1 atom stereocenters. The van der Waals surface area contributed by atoms with Crippen molar-refractivity contribution >= 4 is 5.97 Å². The number of hydrogen-bond acceptors (Lipinski definition) is 2. The second-order valence-corrected chi connectivity index (χ2v) is 7.38. The molecule has 0 aromatic rings. The first-order valence-electron chi connectivity index (χ1n) is 7.07. The largest absolute Gasteiger partial charge is 0.469 e. The van der Waals surface area contributed by atoms with E-state index < -0.39 is 0 Å². The van der Waals surface area contributed by atoms with Crippen LogP contribution in [0.1, 0.15) is 59.3 Å². The molecule has 2 nitrogen and oxygen atoms in total. The van der Waals surface area contributed by atoms with Crippen LogP contribution in [0, 0.1) is 16.2 Å². The van der Waals surface area contributed by atoms with Crippen LogP contribution < -0.4 is 0 Å². The number of methoxy groups -OCH3 is 1. The van der Waals surface area contributed by atoms with E-state index in [1.165, 1.54) is 26.4 Å². The number of rotatable bonds is 3. The molecule has 0 radical (unpaired) electrons. The van der Waals surface area contributed by atoms with Crippen LogP contribution in [0.3, 0.4) is 0 Å². The van der Waals surface area contributed by atoms with E-state index in [9.17, 15) is 4.79 Å². The van der Waals surface area contributed by atoms with E-state index in [0.29, 0.717) is 5.41 Å². The lowest BCUT2D eigenvalue weighted by Crippen LogP contribution is -2.44. The Morgan fingerprint density at radius 1 is 1.28 bits per heavy atom. The molecule has 2 rings (SSSR count). The molecule has 1 unspecified atom stereocenters. The highest BCUT2D eigenvalue weighted by atomic mass is 16.5. The number of hydrogen-bond donors (Lipinski definition) is 0. The van der Waals surface area contributed by atoms with Gasteiger partial charge in [-0.25, -0.2) is 0 Å². The third-order valence-electron chi connectivity index (χ3n) is 4.82. The van der Waals surface area contributed by atoms with Crippen LogP contribution in [0.5, 0.6) is 0 Å². The van der Waals surface area contributed by atoms with E-state index in [-0.39, 0.29) is 16.8 Å². The van der Waals surface area contributed by atoms with Crippen LogP contribution in [0.25, 0.3) is 0 Å². The summed E-state index contributed by atoms with van der Waals surface area (Å²) in [5, 5.41) is 0. The predicted octanol–water partition coefficient (Wildman–Crippen LogP) is 4.10. The minimum atomic E-state index is -0.290. The van der Waals surface area contributed by atoms with Gasteiger partial charge in [0.25, 0.3) is 0 Å². The zero-order chi connectivity index (χ0) is 13.4. The fourth-order valence-electron chi connectivity index (χ4n) is 3.96. The average Bonchev–Trinajstić information content (AvgIpc) is 2.24. The number of carbonyl (C=O) groups excluding carboxylic acids is 1. The first-order valence-corrected chi connectivity index (χ1v) is 7.07. The van der Waals surface area contributed by atoms with Gasteiger partial charge in [0.2, 0.25) is 0 Å². The Bertz CT molecular complexity index is 363. The fraction of sp³-hybridized carbons (Fsp3) is 0.812. The van der Waals surface area contributed by atoms with Crippen molar-refractivity contribution < 1.29 is 9.53 Å². The quantitative estimate of drug-likeness (QED) is 0.557. The molecule has 0 spiro atoms. The summed E-state index contributed by atoms with van der Waals surface area (Å²) < 4.78 is 5.13. The monoisotopic (exact) mass is 250 g/mol. The summed E-state index contributed by atoms with van der Waals surface area (Å²) in [5.74, 6) is -0.00644. The molecule has 0 aliphatic heterocycles. The highest BCUT2D eigenvalue weighted by Gasteiger charge is 2.49. The van der Waals surface area contributed by atoms with Gasteiger partial charge in [-0.05, 0) is 42.9 Å². The lowest BCUT2D eigenvalue weighted by atomic mass is 9.56. The summed E-state index contributed by atoms with van der Waals surface area (Å²) in [6.45, 7) is 6.75. The Morgan fingerprint density at radius 3 is 2.39 bits per heavy atom. The summed E-state index contributed by atoms with van der Waals surface area (Å²) in [4.78, 5) is 12.3. The van der Waals surface area contributed by atoms with Gasteiger partial charge in [-0.1, -0.05) is 39.3 Å². The van der Waals surface area contributed by atoms with Crippen molar-refractivity contribution in [1.29, 1.82) is 0 Å². The molecule has 102 valence electrons. The summed E-state index contributed by atoms with van der Waals surface area (Å²) in [6.07, 6.45) is 11.0. The molecule has 18 heavy (non-hydrogen) atoms. The molecule has 0 bridgehead atoms. The Morgan fingerprint density at radius 2 is 1.94 bits per heavy atom. The van der Waals surface area contributed by atoms with Crippen molar-refractivity contribution in [2.24, 2.45) is 16.2 Å². The topological polar surface area (TPSA) is 26.3 Å². The smallest absolute Gasteiger partial charge is 0.312 e. The van der Waals surface area contributed by atoms with Crippen LogP contribution in [0.2, 0.25) is 0 Å². The molecule has 0 amide bonds. The minimum Gasteiger partial charge on any atom is -0.469 e. The van der Waals surface area contributed by atoms with E-state index in [2.05, 4.69) is 32.9 Å². The zero-order valence-corrected chi connectivity index (χ0v) is 12.2. The standard InChI is InChI=1S/C16H26O2/c1-14(2)7-5-10-16(11-14,13(17)18-4)12-15(3)8-6-9-15/h5,7H,6,8-12H2,1-4H3. The number of esters is 1. The average molecular weight is 250 g/mol. The number of allylic oxidation sites excluding steroid dienone is 2. The Kier molecular flexibility index (Phi) is 3.33. The third kappa shape index (κ3) is 2.48. The molecule has 1 saturated carbocycles. The lowest BCUT2D eigenvalue weighted by Gasteiger charge is -2.48. The van der Waals surface area contributed by atoms with E-state index in [0.717, 1.165) is 19.3 Å². The summed E-state index contributed by atoms with van der Waals surface area (Å²) in [6, 6.07) is 0. The Balaban J connectivity index is 2.24. The van der Waals surface area contributed by atoms with Gasteiger partial charge < -0.3 is 4.74 Å². The molecule has 0 heterocycles. The molecule has 1 fully saturated rings. The van der Waals surface area contributed by atoms with Gasteiger partial charge in [-0.2, -0.15) is 0 Å². The van der Waals surface area contributed by atoms with E-state index in [4.69, 9.17) is 4.74 Å². The number of carbonyl (C=O) groups is 1. The third-order valence-corrected chi connectivity index (χ3v) is 4.82. The van der Waals surface area contributed by atoms with Crippen LogP contribution in [0.4, 0.5) is 0 Å². The van der Waals surface area contributed by atoms with Crippen molar-refractivity contribution in [2.75, 3.05) is 7.11 Å². The molecule has 0 aromatic carbocycles. The van der Waals surface area contributed by atoms with Crippen LogP contribution in [-0.4, -0.2) is 13.1 Å². The van der Waals surface area contributed by atoms with Crippen LogP contribution >= 0.6 is 0 Å². The van der Waals surface area contributed by atoms with Crippen LogP contribution in [-0.2, 0) is 9.53 Å². The predicted molar refractivity (Wildman–Crippen MR) is 73.2 cm³/mol. The summed E-state index contributed by atoms with van der Waals surface area (Å²) in [7, 11) is 1.53. The Hall–Kier alpha value is -0.790. The van der Waals surface area contributed by atoms with Crippen molar-refractivity contribution in [3.8, 4) is 0 Å². The summed E-state index contributed by atoms with van der Waals surface area (Å²) >= 11 is 0. The molecule has 2 heteroatoms. The minimum absolute atomic E-state index is 0.00644. The lowest BCUT2D eigenvalue weighted by molar-refractivity contribution is -0.158. The molecule has 2 aliphatic carbocycles. The van der Waals surface area contributed by atoms with E-state index in [1.807, 2.05) is 0 Å². The van der Waals surface area contributed by atoms with Gasteiger partial charge in [0.15, 0.2) is 0 Å². The maximum Gasteiger partial charge on any atom is 0.312 e. The molecular weight excluding hydrogens is 224 g/mol. The first kappa shape index (κ1) is 13.6. The highest BCUT2D eigenvalue weighted by Crippen LogP contribution is 2.55. The van der Waals surface area contributed by atoms with Gasteiger partial charge in [-0.15, -0.1) is 0 Å². The SMILES string of the molecule is COC(=O)C1(CC2(C)CCC2)CC=CC(C)(C)C1. The van der Waals surface area contributed by atoms with Crippen LogP contribution in [0.15, 0.2) is 12.2 Å². The highest BCUT2D eigenvalue weighted by molar-refractivity contribution is 5.77. The molecule has 0 saturated heterocycles. The maximum absolute atomic E-state index is 12.3. The van der Waals surface area contributed by atoms with Crippen molar-refractivity contribution in [3.63, 3.8) is 0 Å². The summed E-state index contributed by atoms with van der Waals surface area (Å²) in [5.41, 5.74) is 0.171. The van der Waals surface area contributed by atoms with Crippen molar-refractivity contribution in [3.05, 3.63) is 12.2 Å². The molecule has 0 N–H and O–H groups in total. The maximum atomic E-state index is 12.3. The van der Waals surface area contributed by atoms with Gasteiger partial charge in [-0.3, -0.25) is 4.79 Å². The van der Waals surface area contributed by atoms with Gasteiger partial charge in [0.05, 0.1) is 12.5 Å². The Labute approximate surface area is 111 Å². The van der Waals surface area contributed by atoms with E-state index >= 15 is 0 Å². The molecule has 0 aromatic heterocycles. The van der Waals surface area contributed by atoms with Gasteiger partial charge >= 0.3 is 5.97 Å².